The number of aliphatic carboxylic acids is 1. The van der Waals surface area contributed by atoms with Crippen LogP contribution in [-0.4, -0.2) is 75.6 Å². The van der Waals surface area contributed by atoms with Crippen molar-refractivity contribution in [3.8, 4) is 0 Å². The Bertz CT molecular complexity index is 381. The summed E-state index contributed by atoms with van der Waals surface area (Å²) in [4.78, 5) is 12.6. The number of morpholine rings is 1. The first-order valence-corrected chi connectivity index (χ1v) is 7.82. The Balaban J connectivity index is 2.20. The van der Waals surface area contributed by atoms with Crippen molar-refractivity contribution in [3.05, 3.63) is 0 Å². The number of hydrogen-bond acceptors (Lipinski definition) is 6. The lowest BCUT2D eigenvalue weighted by Crippen LogP contribution is -2.42. The summed E-state index contributed by atoms with van der Waals surface area (Å²) >= 11 is 0. The van der Waals surface area contributed by atoms with Gasteiger partial charge in [-0.05, 0) is 6.42 Å². The van der Waals surface area contributed by atoms with Gasteiger partial charge in [0, 0.05) is 26.2 Å². The van der Waals surface area contributed by atoms with Gasteiger partial charge in [-0.2, -0.15) is 0 Å². The number of nitrogens with zero attached hydrogens (tertiary/aromatic N) is 1. The second kappa shape index (κ2) is 7.75. The van der Waals surface area contributed by atoms with Gasteiger partial charge in [0.1, 0.15) is 6.04 Å². The maximum absolute atomic E-state index is 11.6. The summed E-state index contributed by atoms with van der Waals surface area (Å²) in [7, 11) is -3.46. The lowest BCUT2D eigenvalue weighted by atomic mass is 10.2. The number of nitrogens with two attached hydrogens (primary N) is 1. The van der Waals surface area contributed by atoms with Crippen LogP contribution in [0.2, 0.25) is 0 Å². The second-order valence-corrected chi connectivity index (χ2v) is 6.33. The molecule has 1 aliphatic heterocycles. The maximum Gasteiger partial charge on any atom is 0.320 e. The highest BCUT2D eigenvalue weighted by Crippen LogP contribution is 1.97. The molecule has 0 aromatic rings. The van der Waals surface area contributed by atoms with Crippen molar-refractivity contribution >= 4 is 16.0 Å². The lowest BCUT2D eigenvalue weighted by molar-refractivity contribution is -0.138. The van der Waals surface area contributed by atoms with Gasteiger partial charge in [-0.1, -0.05) is 0 Å². The molecule has 0 saturated carbocycles. The SMILES string of the molecule is N[C@@H](CCS(=O)(=O)NCCN1CCOCC1)C(=O)O. The number of sulfonamides is 1. The normalized spacial score (nSPS) is 19.2. The number of carboxylic acids is 1. The Hall–Kier alpha value is -0.740. The highest BCUT2D eigenvalue weighted by Gasteiger charge is 2.17. The smallest absolute Gasteiger partial charge is 0.320 e. The molecule has 0 aliphatic carbocycles. The zero-order valence-corrected chi connectivity index (χ0v) is 11.6. The molecule has 1 saturated heterocycles. The van der Waals surface area contributed by atoms with E-state index in [9.17, 15) is 13.2 Å². The van der Waals surface area contributed by atoms with Crippen LogP contribution < -0.4 is 10.5 Å². The summed E-state index contributed by atoms with van der Waals surface area (Å²) in [6, 6.07) is -1.14. The Morgan fingerprint density at radius 1 is 1.42 bits per heavy atom. The Labute approximate surface area is 112 Å². The van der Waals surface area contributed by atoms with E-state index in [1.807, 2.05) is 0 Å². The molecule has 0 unspecified atom stereocenters. The molecule has 1 heterocycles. The third-order valence-corrected chi connectivity index (χ3v) is 4.29. The fourth-order valence-corrected chi connectivity index (χ4v) is 2.77. The molecule has 1 aliphatic rings. The highest BCUT2D eigenvalue weighted by atomic mass is 32.2. The molecule has 1 fully saturated rings. The van der Waals surface area contributed by atoms with Crippen LogP contribution in [0.4, 0.5) is 0 Å². The van der Waals surface area contributed by atoms with E-state index < -0.39 is 22.0 Å². The lowest BCUT2D eigenvalue weighted by Gasteiger charge is -2.26. The van der Waals surface area contributed by atoms with E-state index in [4.69, 9.17) is 15.6 Å². The molecule has 4 N–H and O–H groups in total. The number of ether oxygens (including phenoxy) is 1. The summed E-state index contributed by atoms with van der Waals surface area (Å²) in [5.74, 6) is -1.47. The van der Waals surface area contributed by atoms with Crippen molar-refractivity contribution in [3.63, 3.8) is 0 Å². The summed E-state index contributed by atoms with van der Waals surface area (Å²) in [6.07, 6.45) is -0.0950. The average Bonchev–Trinajstić information content (AvgIpc) is 2.37. The van der Waals surface area contributed by atoms with E-state index in [1.54, 1.807) is 0 Å². The van der Waals surface area contributed by atoms with Crippen LogP contribution in [0.1, 0.15) is 6.42 Å². The molecule has 1 rings (SSSR count). The largest absolute Gasteiger partial charge is 0.480 e. The first-order chi connectivity index (χ1) is 8.91. The van der Waals surface area contributed by atoms with Crippen LogP contribution in [0.3, 0.4) is 0 Å². The minimum absolute atomic E-state index is 0.0950. The molecule has 0 spiro atoms. The third-order valence-electron chi connectivity index (χ3n) is 2.87. The van der Waals surface area contributed by atoms with Crippen molar-refractivity contribution < 1.29 is 23.1 Å². The summed E-state index contributed by atoms with van der Waals surface area (Å²) in [6.45, 7) is 3.86. The highest BCUT2D eigenvalue weighted by molar-refractivity contribution is 7.89. The summed E-state index contributed by atoms with van der Waals surface area (Å²) in [5, 5.41) is 8.57. The predicted octanol–water partition coefficient (Wildman–Crippen LogP) is -1.96. The molecule has 0 amide bonds. The van der Waals surface area contributed by atoms with Gasteiger partial charge in [-0.25, -0.2) is 13.1 Å². The molecular formula is C10H21N3O5S. The van der Waals surface area contributed by atoms with Gasteiger partial charge < -0.3 is 15.6 Å². The number of carboxylic acid groups (broad SMARTS) is 1. The first-order valence-electron chi connectivity index (χ1n) is 6.16. The van der Waals surface area contributed by atoms with Crippen molar-refractivity contribution in [2.75, 3.05) is 45.1 Å². The molecule has 0 aromatic carbocycles. The predicted molar refractivity (Wildman–Crippen MR) is 69.3 cm³/mol. The van der Waals surface area contributed by atoms with Crippen LogP contribution in [-0.2, 0) is 19.6 Å². The van der Waals surface area contributed by atoms with Crippen LogP contribution in [0.25, 0.3) is 0 Å². The molecule has 9 heteroatoms. The van der Waals surface area contributed by atoms with Crippen LogP contribution in [0.5, 0.6) is 0 Å². The topological polar surface area (TPSA) is 122 Å². The van der Waals surface area contributed by atoms with Crippen LogP contribution >= 0.6 is 0 Å². The van der Waals surface area contributed by atoms with E-state index in [-0.39, 0.29) is 12.2 Å². The van der Waals surface area contributed by atoms with E-state index in [0.29, 0.717) is 26.3 Å². The second-order valence-electron chi connectivity index (χ2n) is 4.40. The van der Waals surface area contributed by atoms with E-state index in [2.05, 4.69) is 9.62 Å². The maximum atomic E-state index is 11.6. The monoisotopic (exact) mass is 295 g/mol. The molecule has 0 bridgehead atoms. The molecule has 19 heavy (non-hydrogen) atoms. The zero-order valence-electron chi connectivity index (χ0n) is 10.7. The van der Waals surface area contributed by atoms with Crippen molar-refractivity contribution in [1.29, 1.82) is 0 Å². The van der Waals surface area contributed by atoms with Gasteiger partial charge in [0.15, 0.2) is 0 Å². The van der Waals surface area contributed by atoms with Gasteiger partial charge in [-0.15, -0.1) is 0 Å². The van der Waals surface area contributed by atoms with Gasteiger partial charge in [0.2, 0.25) is 10.0 Å². The number of nitrogens with one attached hydrogen (secondary N) is 1. The van der Waals surface area contributed by atoms with Gasteiger partial charge in [-0.3, -0.25) is 9.69 Å². The fraction of sp³-hybridized carbons (Fsp3) is 0.900. The van der Waals surface area contributed by atoms with Gasteiger partial charge >= 0.3 is 5.97 Å². The van der Waals surface area contributed by atoms with Crippen molar-refractivity contribution in [2.45, 2.75) is 12.5 Å². The Morgan fingerprint density at radius 2 is 2.05 bits per heavy atom. The number of rotatable bonds is 8. The Kier molecular flexibility index (Phi) is 6.66. The van der Waals surface area contributed by atoms with E-state index in [0.717, 1.165) is 13.1 Å². The van der Waals surface area contributed by atoms with Gasteiger partial charge in [0.05, 0.1) is 19.0 Å². The van der Waals surface area contributed by atoms with Crippen LogP contribution in [0, 0.1) is 0 Å². The molecule has 0 radical (unpaired) electrons. The first kappa shape index (κ1) is 16.3. The van der Waals surface area contributed by atoms with Crippen molar-refractivity contribution in [1.82, 2.24) is 9.62 Å². The van der Waals surface area contributed by atoms with Gasteiger partial charge in [0.25, 0.3) is 0 Å². The van der Waals surface area contributed by atoms with Crippen LogP contribution in [0.15, 0.2) is 0 Å². The molecule has 0 aromatic heterocycles. The zero-order chi connectivity index (χ0) is 14.3. The summed E-state index contributed by atoms with van der Waals surface area (Å²) < 4.78 is 30.8. The Morgan fingerprint density at radius 3 is 2.63 bits per heavy atom. The standard InChI is InChI=1S/C10H21N3O5S/c11-9(10(14)15)1-8-19(16,17)12-2-3-13-4-6-18-7-5-13/h9,12H,1-8,11H2,(H,14,15)/t9-/m0/s1. The van der Waals surface area contributed by atoms with E-state index in [1.165, 1.54) is 0 Å². The fourth-order valence-electron chi connectivity index (χ4n) is 1.66. The average molecular weight is 295 g/mol. The minimum Gasteiger partial charge on any atom is -0.480 e. The molecule has 8 nitrogen and oxygen atoms in total. The number of carbonyl (C=O) groups is 1. The summed E-state index contributed by atoms with van der Waals surface area (Å²) in [5.41, 5.74) is 5.26. The quantitative estimate of drug-likeness (QED) is 0.475. The third kappa shape index (κ3) is 6.83. The van der Waals surface area contributed by atoms with Crippen molar-refractivity contribution in [2.24, 2.45) is 5.73 Å². The molecule has 1 atom stereocenters. The number of hydrogen-bond donors (Lipinski definition) is 3. The molecule has 112 valence electrons. The van der Waals surface area contributed by atoms with E-state index >= 15 is 0 Å². The molecular weight excluding hydrogens is 274 g/mol. The minimum atomic E-state index is -3.46.